The highest BCUT2D eigenvalue weighted by atomic mass is 32.2. The molecule has 0 bridgehead atoms. The lowest BCUT2D eigenvalue weighted by Gasteiger charge is -2.16. The van der Waals surface area contributed by atoms with Gasteiger partial charge in [-0.15, -0.1) is 11.3 Å². The van der Waals surface area contributed by atoms with E-state index in [0.29, 0.717) is 12.2 Å². The first kappa shape index (κ1) is 15.9. The molecule has 21 heavy (non-hydrogen) atoms. The predicted molar refractivity (Wildman–Crippen MR) is 86.2 cm³/mol. The van der Waals surface area contributed by atoms with Gasteiger partial charge >= 0.3 is 0 Å². The third kappa shape index (κ3) is 3.81. The van der Waals surface area contributed by atoms with Crippen LogP contribution < -0.4 is 10.0 Å². The highest BCUT2D eigenvalue weighted by molar-refractivity contribution is 7.89. The summed E-state index contributed by atoms with van der Waals surface area (Å²) in [6.07, 6.45) is 1.82. The number of aryl methyl sites for hydroxylation is 1. The zero-order valence-corrected chi connectivity index (χ0v) is 13.9. The Bertz CT molecular complexity index is 711. The number of aromatic nitrogens is 1. The molecule has 0 aliphatic heterocycles. The standard InChI is InChI=1S/C14H19N3O2S2/c1-4-16-21(18,19)13-8-6-5-7-12(13)17-11(3)14-15-9-10(2)20-14/h5-9,11,16-17H,4H2,1-3H3. The van der Waals surface area contributed by atoms with E-state index in [2.05, 4.69) is 15.0 Å². The lowest BCUT2D eigenvalue weighted by atomic mass is 10.2. The summed E-state index contributed by atoms with van der Waals surface area (Å²) in [4.78, 5) is 5.72. The molecule has 0 aliphatic carbocycles. The van der Waals surface area contributed by atoms with Crippen molar-refractivity contribution in [2.75, 3.05) is 11.9 Å². The van der Waals surface area contributed by atoms with Gasteiger partial charge in [-0.05, 0) is 26.0 Å². The van der Waals surface area contributed by atoms with Gasteiger partial charge in [-0.1, -0.05) is 19.1 Å². The molecule has 1 aromatic heterocycles. The van der Waals surface area contributed by atoms with Crippen molar-refractivity contribution in [3.63, 3.8) is 0 Å². The summed E-state index contributed by atoms with van der Waals surface area (Å²) in [6, 6.07) is 6.84. The average Bonchev–Trinajstić information content (AvgIpc) is 2.86. The highest BCUT2D eigenvalue weighted by Gasteiger charge is 2.19. The van der Waals surface area contributed by atoms with E-state index in [-0.39, 0.29) is 10.9 Å². The monoisotopic (exact) mass is 325 g/mol. The number of hydrogen-bond acceptors (Lipinski definition) is 5. The lowest BCUT2D eigenvalue weighted by molar-refractivity contribution is 0.584. The molecule has 1 atom stereocenters. The first-order valence-corrected chi connectivity index (χ1v) is 9.01. The van der Waals surface area contributed by atoms with Gasteiger partial charge in [0, 0.05) is 17.6 Å². The highest BCUT2D eigenvalue weighted by Crippen LogP contribution is 2.27. The molecule has 114 valence electrons. The van der Waals surface area contributed by atoms with Crippen LogP contribution in [0.15, 0.2) is 35.4 Å². The zero-order chi connectivity index (χ0) is 15.5. The molecular weight excluding hydrogens is 306 g/mol. The fourth-order valence-electron chi connectivity index (χ4n) is 1.96. The van der Waals surface area contributed by atoms with Gasteiger partial charge in [-0.3, -0.25) is 0 Å². The Morgan fingerprint density at radius 2 is 2.05 bits per heavy atom. The second kappa shape index (κ2) is 6.55. The Morgan fingerprint density at radius 3 is 2.67 bits per heavy atom. The van der Waals surface area contributed by atoms with E-state index in [1.165, 1.54) is 0 Å². The summed E-state index contributed by atoms with van der Waals surface area (Å²) in [5, 5.41) is 4.17. The summed E-state index contributed by atoms with van der Waals surface area (Å²) in [5.74, 6) is 0. The van der Waals surface area contributed by atoms with Gasteiger partial charge in [-0.25, -0.2) is 18.1 Å². The van der Waals surface area contributed by atoms with Crippen molar-refractivity contribution in [1.82, 2.24) is 9.71 Å². The van der Waals surface area contributed by atoms with Crippen LogP contribution in [0.3, 0.4) is 0 Å². The van der Waals surface area contributed by atoms with Gasteiger partial charge in [0.1, 0.15) is 9.90 Å². The minimum absolute atomic E-state index is 0.0540. The molecule has 0 radical (unpaired) electrons. The maximum Gasteiger partial charge on any atom is 0.242 e. The number of sulfonamides is 1. The van der Waals surface area contributed by atoms with Crippen LogP contribution in [-0.4, -0.2) is 19.9 Å². The maximum atomic E-state index is 12.2. The van der Waals surface area contributed by atoms with Gasteiger partial charge in [0.2, 0.25) is 10.0 Å². The van der Waals surface area contributed by atoms with Crippen molar-refractivity contribution < 1.29 is 8.42 Å². The number of nitrogens with zero attached hydrogens (tertiary/aromatic N) is 1. The number of anilines is 1. The Hall–Kier alpha value is -1.44. The minimum atomic E-state index is -3.49. The number of thiazole rings is 1. The van der Waals surface area contributed by atoms with E-state index in [4.69, 9.17) is 0 Å². The molecule has 0 fully saturated rings. The Labute approximate surface area is 129 Å². The summed E-state index contributed by atoms with van der Waals surface area (Å²) in [5.41, 5.74) is 0.582. The fraction of sp³-hybridized carbons (Fsp3) is 0.357. The van der Waals surface area contributed by atoms with E-state index in [0.717, 1.165) is 9.88 Å². The van der Waals surface area contributed by atoms with Gasteiger partial charge < -0.3 is 5.32 Å². The first-order chi connectivity index (χ1) is 9.94. The van der Waals surface area contributed by atoms with E-state index in [1.807, 2.05) is 26.1 Å². The molecule has 1 aromatic carbocycles. The Balaban J connectivity index is 2.29. The maximum absolute atomic E-state index is 12.2. The number of benzene rings is 1. The Kier molecular flexibility index (Phi) is 4.97. The quantitative estimate of drug-likeness (QED) is 0.856. The number of rotatable bonds is 6. The number of para-hydroxylation sites is 1. The van der Waals surface area contributed by atoms with Gasteiger partial charge in [0.15, 0.2) is 0 Å². The van der Waals surface area contributed by atoms with Crippen molar-refractivity contribution in [2.24, 2.45) is 0 Å². The van der Waals surface area contributed by atoms with Crippen molar-refractivity contribution in [3.8, 4) is 0 Å². The third-order valence-electron chi connectivity index (χ3n) is 2.89. The zero-order valence-electron chi connectivity index (χ0n) is 12.3. The van der Waals surface area contributed by atoms with Crippen molar-refractivity contribution >= 4 is 27.0 Å². The van der Waals surface area contributed by atoms with Crippen LogP contribution in [0, 0.1) is 6.92 Å². The summed E-state index contributed by atoms with van der Waals surface area (Å²) >= 11 is 1.60. The fourth-order valence-corrected chi connectivity index (χ4v) is 3.94. The summed E-state index contributed by atoms with van der Waals surface area (Å²) < 4.78 is 26.9. The normalized spacial score (nSPS) is 13.1. The molecule has 2 aromatic rings. The minimum Gasteiger partial charge on any atom is -0.375 e. The molecular formula is C14H19N3O2S2. The predicted octanol–water partition coefficient (Wildman–Crippen LogP) is 2.92. The van der Waals surface area contributed by atoms with Crippen LogP contribution in [-0.2, 0) is 10.0 Å². The van der Waals surface area contributed by atoms with E-state index in [1.54, 1.807) is 36.5 Å². The van der Waals surface area contributed by atoms with Crippen molar-refractivity contribution in [1.29, 1.82) is 0 Å². The third-order valence-corrected chi connectivity index (χ3v) is 5.59. The lowest BCUT2D eigenvalue weighted by Crippen LogP contribution is -2.24. The van der Waals surface area contributed by atoms with Crippen LogP contribution in [0.1, 0.15) is 29.8 Å². The molecule has 2 rings (SSSR count). The largest absolute Gasteiger partial charge is 0.375 e. The first-order valence-electron chi connectivity index (χ1n) is 6.71. The van der Waals surface area contributed by atoms with Crippen LogP contribution >= 0.6 is 11.3 Å². The molecule has 5 nitrogen and oxygen atoms in total. The van der Waals surface area contributed by atoms with Gasteiger partial charge in [0.25, 0.3) is 0 Å². The van der Waals surface area contributed by atoms with Gasteiger partial charge in [0.05, 0.1) is 11.7 Å². The van der Waals surface area contributed by atoms with E-state index < -0.39 is 10.0 Å². The molecule has 1 heterocycles. The molecule has 0 amide bonds. The Morgan fingerprint density at radius 1 is 1.33 bits per heavy atom. The molecule has 2 N–H and O–H groups in total. The molecule has 0 saturated heterocycles. The van der Waals surface area contributed by atoms with Crippen molar-refractivity contribution in [2.45, 2.75) is 31.7 Å². The van der Waals surface area contributed by atoms with Crippen LogP contribution in [0.25, 0.3) is 0 Å². The molecule has 0 aliphatic rings. The topological polar surface area (TPSA) is 71.1 Å². The molecule has 0 saturated carbocycles. The summed E-state index contributed by atoms with van der Waals surface area (Å²) in [7, 11) is -3.49. The SMILES string of the molecule is CCNS(=O)(=O)c1ccccc1NC(C)c1ncc(C)s1. The molecule has 7 heteroatoms. The number of nitrogens with one attached hydrogen (secondary N) is 2. The molecule has 1 unspecified atom stereocenters. The average molecular weight is 325 g/mol. The number of hydrogen-bond donors (Lipinski definition) is 2. The smallest absolute Gasteiger partial charge is 0.242 e. The second-order valence-electron chi connectivity index (χ2n) is 4.67. The van der Waals surface area contributed by atoms with E-state index >= 15 is 0 Å². The van der Waals surface area contributed by atoms with Crippen molar-refractivity contribution in [3.05, 3.63) is 40.3 Å². The summed E-state index contributed by atoms with van der Waals surface area (Å²) in [6.45, 7) is 6.08. The van der Waals surface area contributed by atoms with E-state index in [9.17, 15) is 8.42 Å². The van der Waals surface area contributed by atoms with Crippen LogP contribution in [0.4, 0.5) is 5.69 Å². The van der Waals surface area contributed by atoms with Crippen LogP contribution in [0.5, 0.6) is 0 Å². The van der Waals surface area contributed by atoms with Crippen LogP contribution in [0.2, 0.25) is 0 Å². The second-order valence-corrected chi connectivity index (χ2v) is 7.67. The van der Waals surface area contributed by atoms with Gasteiger partial charge in [-0.2, -0.15) is 0 Å². The molecule has 0 spiro atoms.